The molecule has 6 heteroatoms. The summed E-state index contributed by atoms with van der Waals surface area (Å²) >= 11 is 0. The minimum atomic E-state index is 0.485. The monoisotopic (exact) mass is 272 g/mol. The Balaban J connectivity index is 1.56. The number of nitrogens with two attached hydrogens (primary N) is 1. The Morgan fingerprint density at radius 2 is 2.30 bits per heavy atom. The number of H-pyrrole nitrogens is 1. The van der Waals surface area contributed by atoms with Gasteiger partial charge in [-0.15, -0.1) is 5.10 Å². The number of nitrogen functional groups attached to an aromatic ring is 1. The predicted octanol–water partition coefficient (Wildman–Crippen LogP) is 1.24. The van der Waals surface area contributed by atoms with E-state index in [9.17, 15) is 0 Å². The van der Waals surface area contributed by atoms with Crippen LogP contribution in [0.4, 0.5) is 5.82 Å². The van der Waals surface area contributed by atoms with Crippen LogP contribution in [-0.2, 0) is 13.0 Å². The average molecular weight is 272 g/mol. The van der Waals surface area contributed by atoms with Crippen LogP contribution in [0.2, 0.25) is 0 Å². The van der Waals surface area contributed by atoms with Crippen molar-refractivity contribution in [3.05, 3.63) is 36.0 Å². The fourth-order valence-corrected chi connectivity index (χ4v) is 2.85. The van der Waals surface area contributed by atoms with Crippen molar-refractivity contribution >= 4 is 5.82 Å². The molecule has 0 aliphatic carbocycles. The SMILES string of the molecule is Nc1ccc(CC2CCCN(Cc3cnc[nH]3)C2)nn1. The van der Waals surface area contributed by atoms with Gasteiger partial charge in [0.15, 0.2) is 0 Å². The number of hydrogen-bond acceptors (Lipinski definition) is 5. The summed E-state index contributed by atoms with van der Waals surface area (Å²) in [5.74, 6) is 1.13. The third-order valence-electron chi connectivity index (χ3n) is 3.79. The standard InChI is InChI=1S/C14H20N6/c15-14-4-3-12(18-19-14)6-11-2-1-5-20(8-11)9-13-7-16-10-17-13/h3-4,7,10-11H,1-2,5-6,8-9H2,(H2,15,19)(H,16,17). The Bertz CT molecular complexity index is 521. The Morgan fingerprint density at radius 3 is 3.05 bits per heavy atom. The number of hydrogen-bond donors (Lipinski definition) is 2. The molecule has 0 bridgehead atoms. The molecule has 0 radical (unpaired) electrons. The maximum atomic E-state index is 5.57. The second-order valence-corrected chi connectivity index (χ2v) is 5.47. The van der Waals surface area contributed by atoms with Crippen LogP contribution in [0.1, 0.15) is 24.2 Å². The van der Waals surface area contributed by atoms with Gasteiger partial charge in [0.2, 0.25) is 0 Å². The van der Waals surface area contributed by atoms with E-state index in [4.69, 9.17) is 5.73 Å². The molecule has 1 fully saturated rings. The van der Waals surface area contributed by atoms with Crippen molar-refractivity contribution in [3.8, 4) is 0 Å². The van der Waals surface area contributed by atoms with Crippen LogP contribution in [0, 0.1) is 5.92 Å². The predicted molar refractivity (Wildman–Crippen MR) is 76.7 cm³/mol. The lowest BCUT2D eigenvalue weighted by Gasteiger charge is -2.32. The van der Waals surface area contributed by atoms with Gasteiger partial charge >= 0.3 is 0 Å². The maximum absolute atomic E-state index is 5.57. The van der Waals surface area contributed by atoms with Gasteiger partial charge in [0.1, 0.15) is 5.82 Å². The van der Waals surface area contributed by atoms with Crippen LogP contribution in [-0.4, -0.2) is 38.2 Å². The molecule has 0 saturated carbocycles. The van der Waals surface area contributed by atoms with E-state index in [0.717, 1.165) is 31.7 Å². The number of aromatic nitrogens is 4. The number of nitrogens with zero attached hydrogens (tertiary/aromatic N) is 4. The fourth-order valence-electron chi connectivity index (χ4n) is 2.85. The molecule has 3 N–H and O–H groups in total. The number of rotatable bonds is 4. The number of nitrogens with one attached hydrogen (secondary N) is 1. The van der Waals surface area contributed by atoms with E-state index in [1.165, 1.54) is 18.5 Å². The zero-order valence-electron chi connectivity index (χ0n) is 11.5. The molecule has 3 rings (SSSR count). The van der Waals surface area contributed by atoms with E-state index in [2.05, 4.69) is 25.1 Å². The Hall–Kier alpha value is -1.95. The second kappa shape index (κ2) is 6.00. The van der Waals surface area contributed by atoms with Crippen molar-refractivity contribution in [3.63, 3.8) is 0 Å². The van der Waals surface area contributed by atoms with E-state index in [0.29, 0.717) is 11.7 Å². The maximum Gasteiger partial charge on any atom is 0.146 e. The summed E-state index contributed by atoms with van der Waals surface area (Å²) < 4.78 is 0. The third-order valence-corrected chi connectivity index (χ3v) is 3.79. The molecule has 0 aromatic carbocycles. The molecule has 1 atom stereocenters. The van der Waals surface area contributed by atoms with Gasteiger partial charge in [0.25, 0.3) is 0 Å². The quantitative estimate of drug-likeness (QED) is 0.874. The number of likely N-dealkylation sites (tertiary alicyclic amines) is 1. The van der Waals surface area contributed by atoms with E-state index in [1.54, 1.807) is 6.33 Å². The van der Waals surface area contributed by atoms with Gasteiger partial charge in [-0.1, -0.05) is 0 Å². The Morgan fingerprint density at radius 1 is 1.35 bits per heavy atom. The summed E-state index contributed by atoms with van der Waals surface area (Å²) in [4.78, 5) is 9.72. The minimum Gasteiger partial charge on any atom is -0.382 e. The molecule has 20 heavy (non-hydrogen) atoms. The zero-order valence-corrected chi connectivity index (χ0v) is 11.5. The van der Waals surface area contributed by atoms with Crippen molar-refractivity contribution in [2.45, 2.75) is 25.8 Å². The van der Waals surface area contributed by atoms with Crippen LogP contribution in [0.15, 0.2) is 24.7 Å². The first kappa shape index (κ1) is 13.1. The minimum absolute atomic E-state index is 0.485. The molecule has 1 saturated heterocycles. The van der Waals surface area contributed by atoms with E-state index in [1.807, 2.05) is 18.3 Å². The van der Waals surface area contributed by atoms with Gasteiger partial charge in [-0.3, -0.25) is 4.90 Å². The third kappa shape index (κ3) is 3.33. The van der Waals surface area contributed by atoms with Crippen molar-refractivity contribution in [2.75, 3.05) is 18.8 Å². The van der Waals surface area contributed by atoms with Gasteiger partial charge in [-0.05, 0) is 43.9 Å². The first-order valence-electron chi connectivity index (χ1n) is 7.07. The van der Waals surface area contributed by atoms with Gasteiger partial charge in [-0.25, -0.2) is 4.98 Å². The van der Waals surface area contributed by atoms with Gasteiger partial charge in [0, 0.05) is 25.0 Å². The number of anilines is 1. The summed E-state index contributed by atoms with van der Waals surface area (Å²) in [6, 6.07) is 3.81. The molecule has 0 spiro atoms. The lowest BCUT2D eigenvalue weighted by molar-refractivity contribution is 0.165. The topological polar surface area (TPSA) is 83.7 Å². The van der Waals surface area contributed by atoms with Crippen molar-refractivity contribution in [1.82, 2.24) is 25.1 Å². The molecule has 3 heterocycles. The molecular weight excluding hydrogens is 252 g/mol. The molecule has 0 amide bonds. The van der Waals surface area contributed by atoms with Crippen molar-refractivity contribution in [1.29, 1.82) is 0 Å². The van der Waals surface area contributed by atoms with E-state index < -0.39 is 0 Å². The van der Waals surface area contributed by atoms with E-state index in [-0.39, 0.29) is 0 Å². The second-order valence-electron chi connectivity index (χ2n) is 5.47. The average Bonchev–Trinajstić information content (AvgIpc) is 2.95. The largest absolute Gasteiger partial charge is 0.382 e. The first-order chi connectivity index (χ1) is 9.79. The normalized spacial score (nSPS) is 20.1. The highest BCUT2D eigenvalue weighted by Gasteiger charge is 2.21. The highest BCUT2D eigenvalue weighted by Crippen LogP contribution is 2.21. The highest BCUT2D eigenvalue weighted by molar-refractivity contribution is 5.25. The highest BCUT2D eigenvalue weighted by atomic mass is 15.2. The summed E-state index contributed by atoms with van der Waals surface area (Å²) in [7, 11) is 0. The molecule has 106 valence electrons. The summed E-state index contributed by atoms with van der Waals surface area (Å²) in [6.45, 7) is 3.21. The van der Waals surface area contributed by atoms with Crippen LogP contribution >= 0.6 is 0 Å². The number of piperidine rings is 1. The smallest absolute Gasteiger partial charge is 0.146 e. The van der Waals surface area contributed by atoms with Gasteiger partial charge in [0.05, 0.1) is 12.0 Å². The molecule has 2 aromatic heterocycles. The Labute approximate surface area is 118 Å². The molecule has 1 unspecified atom stereocenters. The van der Waals surface area contributed by atoms with Crippen LogP contribution in [0.3, 0.4) is 0 Å². The lowest BCUT2D eigenvalue weighted by Crippen LogP contribution is -2.35. The number of imidazole rings is 1. The molecule has 2 aromatic rings. The van der Waals surface area contributed by atoms with E-state index >= 15 is 0 Å². The fraction of sp³-hybridized carbons (Fsp3) is 0.500. The molecular formula is C14H20N6. The van der Waals surface area contributed by atoms with Crippen LogP contribution in [0.25, 0.3) is 0 Å². The first-order valence-corrected chi connectivity index (χ1v) is 7.07. The zero-order chi connectivity index (χ0) is 13.8. The van der Waals surface area contributed by atoms with Gasteiger partial charge < -0.3 is 10.7 Å². The molecule has 6 nitrogen and oxygen atoms in total. The van der Waals surface area contributed by atoms with Crippen molar-refractivity contribution in [2.24, 2.45) is 5.92 Å². The molecule has 1 aliphatic rings. The van der Waals surface area contributed by atoms with Gasteiger partial charge in [-0.2, -0.15) is 5.10 Å². The molecule has 1 aliphatic heterocycles. The Kier molecular flexibility index (Phi) is 3.92. The summed E-state index contributed by atoms with van der Waals surface area (Å²) in [5.41, 5.74) is 7.78. The van der Waals surface area contributed by atoms with Crippen LogP contribution < -0.4 is 5.73 Å². The van der Waals surface area contributed by atoms with Crippen molar-refractivity contribution < 1.29 is 0 Å². The number of aromatic amines is 1. The lowest BCUT2D eigenvalue weighted by atomic mass is 9.93. The summed E-state index contributed by atoms with van der Waals surface area (Å²) in [6.07, 6.45) is 7.11. The summed E-state index contributed by atoms with van der Waals surface area (Å²) in [5, 5.41) is 8.09. The van der Waals surface area contributed by atoms with Crippen LogP contribution in [0.5, 0.6) is 0 Å².